The Kier molecular flexibility index (Phi) is 2.52. The first-order valence-electron chi connectivity index (χ1n) is 4.06. The minimum Gasteiger partial charge on any atom is -0.207 e. The van der Waals surface area contributed by atoms with Crippen LogP contribution in [-0.2, 0) is 0 Å². The highest BCUT2D eigenvalue weighted by Gasteiger charge is 2.35. The highest BCUT2D eigenvalue weighted by atomic mass is 35.5. The van der Waals surface area contributed by atoms with Gasteiger partial charge < -0.3 is 0 Å². The molecule has 1 aliphatic rings. The van der Waals surface area contributed by atoms with Crippen molar-refractivity contribution in [3.63, 3.8) is 0 Å². The molecule has 1 aromatic carbocycles. The lowest BCUT2D eigenvalue weighted by Gasteiger charge is -2.34. The Morgan fingerprint density at radius 2 is 2.23 bits per heavy atom. The average molecular weight is 216 g/mol. The van der Waals surface area contributed by atoms with Crippen molar-refractivity contribution in [1.82, 2.24) is 0 Å². The van der Waals surface area contributed by atoms with Gasteiger partial charge in [0.25, 0.3) is 0 Å². The molecule has 1 fully saturated rings. The lowest BCUT2D eigenvalue weighted by atomic mass is 10.0. The van der Waals surface area contributed by atoms with Gasteiger partial charge in [-0.05, 0) is 17.7 Å². The molecule has 1 aromatic rings. The third kappa shape index (κ3) is 2.18. The summed E-state index contributed by atoms with van der Waals surface area (Å²) in [5.74, 6) is 1.64. The maximum absolute atomic E-state index is 12.8. The number of alkyl halides is 1. The van der Waals surface area contributed by atoms with E-state index in [2.05, 4.69) is 0 Å². The summed E-state index contributed by atoms with van der Waals surface area (Å²) in [4.78, 5) is -0.238. The molecule has 1 radical (unpaired) electrons. The number of thioether (sulfide) groups is 1. The van der Waals surface area contributed by atoms with E-state index in [4.69, 9.17) is 11.6 Å². The molecule has 13 heavy (non-hydrogen) atoms. The highest BCUT2D eigenvalue weighted by molar-refractivity contribution is 8.01. The molecule has 1 aliphatic heterocycles. The van der Waals surface area contributed by atoms with Gasteiger partial charge in [-0.1, -0.05) is 12.1 Å². The highest BCUT2D eigenvalue weighted by Crippen LogP contribution is 2.39. The van der Waals surface area contributed by atoms with Crippen LogP contribution in [0.4, 0.5) is 4.39 Å². The SMILES string of the molecule is Fc1cccc([CH]C2(Cl)CSC2)c1. The number of rotatable bonds is 2. The molecule has 69 valence electrons. The van der Waals surface area contributed by atoms with Gasteiger partial charge in [-0.3, -0.25) is 0 Å². The van der Waals surface area contributed by atoms with Gasteiger partial charge in [-0.25, -0.2) is 4.39 Å². The van der Waals surface area contributed by atoms with E-state index in [1.165, 1.54) is 12.1 Å². The fraction of sp³-hybridized carbons (Fsp3) is 0.300. The largest absolute Gasteiger partial charge is 0.207 e. The second kappa shape index (κ2) is 3.50. The normalized spacial score (nSPS) is 19.5. The molecule has 0 atom stereocenters. The Morgan fingerprint density at radius 3 is 2.77 bits per heavy atom. The molecule has 2 rings (SSSR count). The van der Waals surface area contributed by atoms with Gasteiger partial charge in [0.05, 0.1) is 4.87 Å². The van der Waals surface area contributed by atoms with Crippen molar-refractivity contribution in [2.45, 2.75) is 4.87 Å². The Bertz CT molecular complexity index is 310. The van der Waals surface area contributed by atoms with Gasteiger partial charge in [-0.15, -0.1) is 11.6 Å². The molecule has 0 bridgehead atoms. The Hall–Kier alpha value is -0.210. The summed E-state index contributed by atoms with van der Waals surface area (Å²) in [6, 6.07) is 6.52. The minimum absolute atomic E-state index is 0.207. The Morgan fingerprint density at radius 1 is 1.46 bits per heavy atom. The summed E-state index contributed by atoms with van der Waals surface area (Å²) in [7, 11) is 0. The molecule has 0 N–H and O–H groups in total. The summed E-state index contributed by atoms with van der Waals surface area (Å²) in [5.41, 5.74) is 0.871. The topological polar surface area (TPSA) is 0 Å². The predicted molar refractivity (Wildman–Crippen MR) is 55.7 cm³/mol. The first-order valence-corrected chi connectivity index (χ1v) is 5.59. The summed E-state index contributed by atoms with van der Waals surface area (Å²) in [6.07, 6.45) is 1.94. The first-order chi connectivity index (χ1) is 6.18. The van der Waals surface area contributed by atoms with Crippen molar-refractivity contribution in [1.29, 1.82) is 0 Å². The maximum atomic E-state index is 12.8. The van der Waals surface area contributed by atoms with E-state index >= 15 is 0 Å². The van der Waals surface area contributed by atoms with Crippen LogP contribution >= 0.6 is 23.4 Å². The third-order valence-corrected chi connectivity index (χ3v) is 4.09. The van der Waals surface area contributed by atoms with Crippen molar-refractivity contribution in [3.8, 4) is 0 Å². The Balaban J connectivity index is 2.09. The summed E-state index contributed by atoms with van der Waals surface area (Å²) >= 11 is 8.01. The van der Waals surface area contributed by atoms with E-state index in [9.17, 15) is 4.39 Å². The van der Waals surface area contributed by atoms with Crippen LogP contribution < -0.4 is 0 Å². The van der Waals surface area contributed by atoms with Crippen LogP contribution in [0.5, 0.6) is 0 Å². The maximum Gasteiger partial charge on any atom is 0.123 e. The molecule has 3 heteroatoms. The van der Waals surface area contributed by atoms with E-state index in [1.54, 1.807) is 6.07 Å². The van der Waals surface area contributed by atoms with Crippen LogP contribution in [0.15, 0.2) is 24.3 Å². The van der Waals surface area contributed by atoms with Gasteiger partial charge in [0.2, 0.25) is 0 Å². The standard InChI is InChI=1S/C10H9ClFS/c11-10(6-13-7-10)5-8-2-1-3-9(12)4-8/h1-5H,6-7H2. The van der Waals surface area contributed by atoms with Crippen LogP contribution in [0, 0.1) is 12.2 Å². The Labute approximate surface area is 86.5 Å². The number of halogens is 2. The molecular formula is C10H9ClFS. The molecule has 0 aliphatic carbocycles. The monoisotopic (exact) mass is 215 g/mol. The molecule has 0 saturated carbocycles. The van der Waals surface area contributed by atoms with Gasteiger partial charge in [0, 0.05) is 17.9 Å². The average Bonchev–Trinajstić information content (AvgIpc) is 2.01. The number of hydrogen-bond acceptors (Lipinski definition) is 1. The molecule has 0 aromatic heterocycles. The summed E-state index contributed by atoms with van der Waals surface area (Å²) in [6.45, 7) is 0. The molecule has 1 heterocycles. The zero-order valence-electron chi connectivity index (χ0n) is 6.97. The molecule has 0 amide bonds. The van der Waals surface area contributed by atoms with E-state index in [0.717, 1.165) is 17.1 Å². The fourth-order valence-electron chi connectivity index (χ4n) is 1.28. The second-order valence-corrected chi connectivity index (χ2v) is 4.97. The van der Waals surface area contributed by atoms with Crippen LogP contribution in [0.25, 0.3) is 0 Å². The van der Waals surface area contributed by atoms with Crippen molar-refractivity contribution in [2.75, 3.05) is 11.5 Å². The zero-order valence-corrected chi connectivity index (χ0v) is 8.54. The van der Waals surface area contributed by atoms with Gasteiger partial charge in [0.15, 0.2) is 0 Å². The molecule has 1 saturated heterocycles. The minimum atomic E-state index is -0.238. The third-order valence-electron chi connectivity index (χ3n) is 1.96. The molecular weight excluding hydrogens is 207 g/mol. The molecule has 0 unspecified atom stereocenters. The second-order valence-electron chi connectivity index (χ2n) is 3.23. The van der Waals surface area contributed by atoms with Crippen molar-refractivity contribution in [3.05, 3.63) is 42.1 Å². The van der Waals surface area contributed by atoms with E-state index in [1.807, 2.05) is 24.2 Å². The van der Waals surface area contributed by atoms with Gasteiger partial charge in [0.1, 0.15) is 5.82 Å². The van der Waals surface area contributed by atoms with E-state index in [0.29, 0.717) is 0 Å². The van der Waals surface area contributed by atoms with E-state index < -0.39 is 0 Å². The zero-order chi connectivity index (χ0) is 9.31. The smallest absolute Gasteiger partial charge is 0.123 e. The number of benzene rings is 1. The lowest BCUT2D eigenvalue weighted by molar-refractivity contribution is 0.626. The number of hydrogen-bond donors (Lipinski definition) is 0. The molecule has 0 spiro atoms. The summed E-state index contributed by atoms with van der Waals surface area (Å²) in [5, 5.41) is 0. The first kappa shape index (κ1) is 9.35. The van der Waals surface area contributed by atoms with Crippen molar-refractivity contribution >= 4 is 23.4 Å². The lowest BCUT2D eigenvalue weighted by Crippen LogP contribution is -2.37. The van der Waals surface area contributed by atoms with Crippen LogP contribution in [0.2, 0.25) is 0 Å². The quantitative estimate of drug-likeness (QED) is 0.684. The van der Waals surface area contributed by atoms with Gasteiger partial charge >= 0.3 is 0 Å². The van der Waals surface area contributed by atoms with Crippen LogP contribution in [0.1, 0.15) is 5.56 Å². The summed E-state index contributed by atoms with van der Waals surface area (Å²) < 4.78 is 12.8. The van der Waals surface area contributed by atoms with Crippen LogP contribution in [-0.4, -0.2) is 16.4 Å². The fourth-order valence-corrected chi connectivity index (χ4v) is 2.63. The van der Waals surface area contributed by atoms with Gasteiger partial charge in [-0.2, -0.15) is 11.8 Å². The van der Waals surface area contributed by atoms with E-state index in [-0.39, 0.29) is 10.7 Å². The van der Waals surface area contributed by atoms with Crippen molar-refractivity contribution in [2.24, 2.45) is 0 Å². The van der Waals surface area contributed by atoms with Crippen LogP contribution in [0.3, 0.4) is 0 Å². The predicted octanol–water partition coefficient (Wildman–Crippen LogP) is 3.10. The molecule has 0 nitrogen and oxygen atoms in total. The van der Waals surface area contributed by atoms with Crippen molar-refractivity contribution < 1.29 is 4.39 Å².